The molecule has 1 heterocycles. The summed E-state index contributed by atoms with van der Waals surface area (Å²) in [6, 6.07) is 2.00. The van der Waals surface area contributed by atoms with Crippen LogP contribution in [0.4, 0.5) is 5.69 Å². The van der Waals surface area contributed by atoms with Gasteiger partial charge in [0.1, 0.15) is 0 Å². The van der Waals surface area contributed by atoms with Crippen molar-refractivity contribution in [3.63, 3.8) is 0 Å². The Morgan fingerprint density at radius 2 is 2.35 bits per heavy atom. The van der Waals surface area contributed by atoms with Crippen LogP contribution in [-0.4, -0.2) is 28.8 Å². The molecule has 2 rings (SSSR count). The van der Waals surface area contributed by atoms with Crippen molar-refractivity contribution in [1.29, 1.82) is 0 Å². The van der Waals surface area contributed by atoms with E-state index in [-0.39, 0.29) is 10.8 Å². The molecule has 0 unspecified atom stereocenters. The number of carbonyl (C=O) groups excluding carboxylic acids is 1. The first-order valence-electron chi connectivity index (χ1n) is 5.67. The van der Waals surface area contributed by atoms with Gasteiger partial charge in [-0.05, 0) is 26.2 Å². The first kappa shape index (κ1) is 12.1. The number of aromatic nitrogens is 2. The van der Waals surface area contributed by atoms with Crippen LogP contribution in [0.3, 0.4) is 0 Å². The summed E-state index contributed by atoms with van der Waals surface area (Å²) in [6.45, 7) is 2.06. The summed E-state index contributed by atoms with van der Waals surface area (Å²) in [5, 5.41) is 11.0. The van der Waals surface area contributed by atoms with Crippen molar-refractivity contribution in [3.8, 4) is 0 Å². The number of carbonyl (C=O) groups is 1. The monoisotopic (exact) mass is 255 g/mol. The second kappa shape index (κ2) is 5.31. The van der Waals surface area contributed by atoms with Gasteiger partial charge in [0.15, 0.2) is 10.8 Å². The fraction of sp³-hybridized carbons (Fsp3) is 0.545. The van der Waals surface area contributed by atoms with Crippen LogP contribution in [0.15, 0.2) is 6.07 Å². The Hall–Kier alpha value is -1.36. The molecule has 0 aliphatic heterocycles. The lowest BCUT2D eigenvalue weighted by atomic mass is 9.93. The molecule has 1 aromatic heterocycles. The van der Waals surface area contributed by atoms with E-state index in [9.17, 15) is 4.79 Å². The predicted octanol–water partition coefficient (Wildman–Crippen LogP) is 2.27. The predicted molar refractivity (Wildman–Crippen MR) is 64.3 cm³/mol. The maximum absolute atomic E-state index is 11.7. The first-order valence-corrected chi connectivity index (χ1v) is 6.05. The van der Waals surface area contributed by atoms with Crippen molar-refractivity contribution in [2.24, 2.45) is 0 Å². The smallest absolute Gasteiger partial charge is 0.361 e. The fourth-order valence-electron chi connectivity index (χ4n) is 1.60. The molecule has 0 radical (unpaired) electrons. The van der Waals surface area contributed by atoms with E-state index in [2.05, 4.69) is 15.5 Å². The summed E-state index contributed by atoms with van der Waals surface area (Å²) in [5.41, 5.74) is 0.802. The van der Waals surface area contributed by atoms with E-state index in [0.717, 1.165) is 12.8 Å². The third-order valence-electron chi connectivity index (χ3n) is 2.70. The molecule has 0 saturated heterocycles. The summed E-state index contributed by atoms with van der Waals surface area (Å²) in [4.78, 5) is 11.7. The standard InChI is InChI=1S/C11H14ClN3O2/c1-2-17-11(16)10-8(6-9(12)14-15-10)13-7-4-3-5-7/h6-7H,2-5H2,1H3,(H,13,14). The van der Waals surface area contributed by atoms with Crippen molar-refractivity contribution in [3.05, 3.63) is 16.9 Å². The molecule has 17 heavy (non-hydrogen) atoms. The van der Waals surface area contributed by atoms with Gasteiger partial charge in [-0.2, -0.15) is 0 Å². The van der Waals surface area contributed by atoms with Gasteiger partial charge in [0, 0.05) is 12.1 Å². The zero-order valence-corrected chi connectivity index (χ0v) is 10.3. The molecule has 6 heteroatoms. The highest BCUT2D eigenvalue weighted by atomic mass is 35.5. The molecule has 1 aromatic rings. The van der Waals surface area contributed by atoms with Gasteiger partial charge >= 0.3 is 5.97 Å². The Morgan fingerprint density at radius 3 is 2.94 bits per heavy atom. The molecular formula is C11H14ClN3O2. The van der Waals surface area contributed by atoms with E-state index in [1.807, 2.05) is 0 Å². The van der Waals surface area contributed by atoms with Gasteiger partial charge in [-0.3, -0.25) is 0 Å². The van der Waals surface area contributed by atoms with Crippen LogP contribution in [-0.2, 0) is 4.74 Å². The second-order valence-corrected chi connectivity index (χ2v) is 4.31. The van der Waals surface area contributed by atoms with E-state index in [0.29, 0.717) is 18.3 Å². The van der Waals surface area contributed by atoms with Crippen molar-refractivity contribution in [1.82, 2.24) is 10.2 Å². The molecule has 0 spiro atoms. The lowest BCUT2D eigenvalue weighted by Gasteiger charge is -2.27. The third kappa shape index (κ3) is 2.85. The van der Waals surface area contributed by atoms with Gasteiger partial charge in [0.25, 0.3) is 0 Å². The molecule has 1 aliphatic carbocycles. The Bertz CT molecular complexity index is 421. The minimum Gasteiger partial charge on any atom is -0.461 e. The number of hydrogen-bond acceptors (Lipinski definition) is 5. The number of esters is 1. The van der Waals surface area contributed by atoms with Gasteiger partial charge in [-0.15, -0.1) is 10.2 Å². The van der Waals surface area contributed by atoms with Crippen molar-refractivity contribution >= 4 is 23.3 Å². The quantitative estimate of drug-likeness (QED) is 0.836. The summed E-state index contributed by atoms with van der Waals surface area (Å²) in [5.74, 6) is -0.474. The number of halogens is 1. The Morgan fingerprint density at radius 1 is 1.59 bits per heavy atom. The highest BCUT2D eigenvalue weighted by Gasteiger charge is 2.22. The maximum Gasteiger partial charge on any atom is 0.361 e. The lowest BCUT2D eigenvalue weighted by molar-refractivity contribution is 0.0519. The van der Waals surface area contributed by atoms with Crippen LogP contribution in [0.1, 0.15) is 36.7 Å². The minimum atomic E-state index is -0.474. The molecule has 92 valence electrons. The van der Waals surface area contributed by atoms with E-state index < -0.39 is 5.97 Å². The van der Waals surface area contributed by atoms with E-state index in [1.54, 1.807) is 13.0 Å². The Kier molecular flexibility index (Phi) is 3.78. The molecule has 0 amide bonds. The summed E-state index contributed by atoms with van der Waals surface area (Å²) in [7, 11) is 0. The molecule has 0 atom stereocenters. The number of nitrogens with zero attached hydrogens (tertiary/aromatic N) is 2. The minimum absolute atomic E-state index is 0.197. The van der Waals surface area contributed by atoms with Gasteiger partial charge in [0.05, 0.1) is 12.3 Å². The zero-order chi connectivity index (χ0) is 12.3. The van der Waals surface area contributed by atoms with Gasteiger partial charge in [-0.1, -0.05) is 11.6 Å². The van der Waals surface area contributed by atoms with Gasteiger partial charge < -0.3 is 10.1 Å². The van der Waals surface area contributed by atoms with Crippen molar-refractivity contribution in [2.75, 3.05) is 11.9 Å². The number of anilines is 1. The van der Waals surface area contributed by atoms with Gasteiger partial charge in [0.2, 0.25) is 0 Å². The first-order chi connectivity index (χ1) is 8.20. The number of rotatable bonds is 4. The highest BCUT2D eigenvalue weighted by molar-refractivity contribution is 6.29. The normalized spacial score (nSPS) is 15.2. The molecule has 1 N–H and O–H groups in total. The van der Waals surface area contributed by atoms with E-state index >= 15 is 0 Å². The Balaban J connectivity index is 2.19. The van der Waals surface area contributed by atoms with Crippen molar-refractivity contribution in [2.45, 2.75) is 32.2 Å². The van der Waals surface area contributed by atoms with Crippen molar-refractivity contribution < 1.29 is 9.53 Å². The number of nitrogens with one attached hydrogen (secondary N) is 1. The van der Waals surface area contributed by atoms with Gasteiger partial charge in [-0.25, -0.2) is 4.79 Å². The molecule has 1 aliphatic rings. The van der Waals surface area contributed by atoms with E-state index in [1.165, 1.54) is 6.42 Å². The number of hydrogen-bond donors (Lipinski definition) is 1. The highest BCUT2D eigenvalue weighted by Crippen LogP contribution is 2.26. The van der Waals surface area contributed by atoms with Crippen LogP contribution < -0.4 is 5.32 Å². The average molecular weight is 256 g/mol. The van der Waals surface area contributed by atoms with Crippen LogP contribution in [0.25, 0.3) is 0 Å². The lowest BCUT2D eigenvalue weighted by Crippen LogP contribution is -2.28. The van der Waals surface area contributed by atoms with E-state index in [4.69, 9.17) is 16.3 Å². The summed E-state index contributed by atoms with van der Waals surface area (Å²) in [6.07, 6.45) is 3.41. The molecular weight excluding hydrogens is 242 g/mol. The Labute approximate surface area is 105 Å². The molecule has 1 saturated carbocycles. The molecule has 5 nitrogen and oxygen atoms in total. The fourth-order valence-corrected chi connectivity index (χ4v) is 1.75. The molecule has 0 aromatic carbocycles. The summed E-state index contributed by atoms with van der Waals surface area (Å²) < 4.78 is 4.92. The summed E-state index contributed by atoms with van der Waals surface area (Å²) >= 11 is 5.78. The van der Waals surface area contributed by atoms with Crippen LogP contribution >= 0.6 is 11.6 Å². The largest absolute Gasteiger partial charge is 0.461 e. The average Bonchev–Trinajstić information content (AvgIpc) is 2.24. The van der Waals surface area contributed by atoms with Crippen LogP contribution in [0.5, 0.6) is 0 Å². The number of ether oxygens (including phenoxy) is 1. The maximum atomic E-state index is 11.7. The zero-order valence-electron chi connectivity index (χ0n) is 9.57. The second-order valence-electron chi connectivity index (χ2n) is 3.92. The van der Waals surface area contributed by atoms with Crippen LogP contribution in [0, 0.1) is 0 Å². The SMILES string of the molecule is CCOC(=O)c1nnc(Cl)cc1NC1CCC1. The van der Waals surface area contributed by atoms with Crippen LogP contribution in [0.2, 0.25) is 5.15 Å². The topological polar surface area (TPSA) is 64.1 Å². The molecule has 0 bridgehead atoms. The third-order valence-corrected chi connectivity index (χ3v) is 2.88. The molecule has 1 fully saturated rings.